The Hall–Kier alpha value is -1.29. The minimum absolute atomic E-state index is 0.0240. The van der Waals surface area contributed by atoms with Gasteiger partial charge in [-0.25, -0.2) is 0 Å². The summed E-state index contributed by atoms with van der Waals surface area (Å²) < 4.78 is 1.82. The SMILES string of the molecule is CC(C)N(CCCO)C(=O)c1cccn1C. The minimum Gasteiger partial charge on any atom is -0.396 e. The summed E-state index contributed by atoms with van der Waals surface area (Å²) in [5, 5.41) is 8.82. The largest absolute Gasteiger partial charge is 0.396 e. The summed E-state index contributed by atoms with van der Waals surface area (Å²) in [7, 11) is 1.86. The van der Waals surface area contributed by atoms with Gasteiger partial charge in [0, 0.05) is 32.4 Å². The highest BCUT2D eigenvalue weighted by Gasteiger charge is 2.19. The molecule has 0 saturated heterocycles. The van der Waals surface area contributed by atoms with Crippen molar-refractivity contribution in [1.82, 2.24) is 9.47 Å². The minimum atomic E-state index is 0.0240. The molecular formula is C12H20N2O2. The van der Waals surface area contributed by atoms with Crippen LogP contribution in [-0.4, -0.2) is 39.7 Å². The predicted molar refractivity (Wildman–Crippen MR) is 63.3 cm³/mol. The standard InChI is InChI=1S/C12H20N2O2/c1-10(2)14(8-5-9-15)12(16)11-6-4-7-13(11)3/h4,6-7,10,15H,5,8-9H2,1-3H3. The molecule has 4 heteroatoms. The van der Waals surface area contributed by atoms with Crippen molar-refractivity contribution in [3.63, 3.8) is 0 Å². The number of amides is 1. The fourth-order valence-electron chi connectivity index (χ4n) is 1.67. The highest BCUT2D eigenvalue weighted by atomic mass is 16.3. The Morgan fingerprint density at radius 1 is 1.56 bits per heavy atom. The van der Waals surface area contributed by atoms with Gasteiger partial charge in [-0.05, 0) is 32.4 Å². The molecule has 0 fully saturated rings. The third kappa shape index (κ3) is 2.85. The maximum atomic E-state index is 12.2. The number of carbonyl (C=O) groups is 1. The van der Waals surface area contributed by atoms with Crippen LogP contribution in [-0.2, 0) is 7.05 Å². The van der Waals surface area contributed by atoms with Crippen LogP contribution in [0.3, 0.4) is 0 Å². The van der Waals surface area contributed by atoms with Gasteiger partial charge in [-0.2, -0.15) is 0 Å². The molecular weight excluding hydrogens is 204 g/mol. The zero-order chi connectivity index (χ0) is 12.1. The summed E-state index contributed by atoms with van der Waals surface area (Å²) in [4.78, 5) is 14.0. The number of rotatable bonds is 5. The molecule has 1 heterocycles. The maximum absolute atomic E-state index is 12.2. The van der Waals surface area contributed by atoms with Crippen molar-refractivity contribution < 1.29 is 9.90 Å². The van der Waals surface area contributed by atoms with Crippen molar-refractivity contribution in [1.29, 1.82) is 0 Å². The molecule has 1 aromatic heterocycles. The van der Waals surface area contributed by atoms with Gasteiger partial charge in [0.15, 0.2) is 0 Å². The van der Waals surface area contributed by atoms with E-state index in [9.17, 15) is 4.79 Å². The van der Waals surface area contributed by atoms with E-state index in [2.05, 4.69) is 0 Å². The zero-order valence-corrected chi connectivity index (χ0v) is 10.2. The number of aliphatic hydroxyl groups excluding tert-OH is 1. The van der Waals surface area contributed by atoms with Crippen molar-refractivity contribution in [2.45, 2.75) is 26.3 Å². The van der Waals surface area contributed by atoms with Crippen LogP contribution in [0, 0.1) is 0 Å². The average molecular weight is 224 g/mol. The molecule has 0 aliphatic rings. The lowest BCUT2D eigenvalue weighted by Gasteiger charge is -2.26. The molecule has 16 heavy (non-hydrogen) atoms. The fraction of sp³-hybridized carbons (Fsp3) is 0.583. The second kappa shape index (κ2) is 5.70. The molecule has 0 saturated carbocycles. The molecule has 0 aliphatic carbocycles. The van der Waals surface area contributed by atoms with E-state index < -0.39 is 0 Å². The van der Waals surface area contributed by atoms with Gasteiger partial charge < -0.3 is 14.6 Å². The van der Waals surface area contributed by atoms with Gasteiger partial charge in [0.2, 0.25) is 0 Å². The molecule has 0 aromatic carbocycles. The van der Waals surface area contributed by atoms with E-state index in [1.807, 2.05) is 43.8 Å². The summed E-state index contributed by atoms with van der Waals surface area (Å²) in [6, 6.07) is 3.82. The molecule has 0 unspecified atom stereocenters. The van der Waals surface area contributed by atoms with E-state index >= 15 is 0 Å². The molecule has 0 radical (unpaired) electrons. The van der Waals surface area contributed by atoms with Crippen LogP contribution in [0.15, 0.2) is 18.3 Å². The predicted octanol–water partition coefficient (Wildman–Crippen LogP) is 1.26. The molecule has 0 spiro atoms. The molecule has 0 atom stereocenters. The van der Waals surface area contributed by atoms with Gasteiger partial charge in [-0.3, -0.25) is 4.79 Å². The summed E-state index contributed by atoms with van der Waals surface area (Å²) >= 11 is 0. The first-order valence-electron chi connectivity index (χ1n) is 5.61. The summed E-state index contributed by atoms with van der Waals surface area (Å²) in [6.07, 6.45) is 2.48. The Morgan fingerprint density at radius 2 is 2.25 bits per heavy atom. The summed E-state index contributed by atoms with van der Waals surface area (Å²) in [6.45, 7) is 4.68. The molecule has 1 rings (SSSR count). The van der Waals surface area contributed by atoms with Gasteiger partial charge in [-0.15, -0.1) is 0 Å². The van der Waals surface area contributed by atoms with E-state index in [0.29, 0.717) is 18.7 Å². The van der Waals surface area contributed by atoms with E-state index in [1.165, 1.54) is 0 Å². The number of carbonyl (C=O) groups excluding carboxylic acids is 1. The molecule has 1 amide bonds. The second-order valence-electron chi connectivity index (χ2n) is 4.17. The monoisotopic (exact) mass is 224 g/mol. The van der Waals surface area contributed by atoms with E-state index in [-0.39, 0.29) is 18.6 Å². The first-order chi connectivity index (χ1) is 7.57. The summed E-state index contributed by atoms with van der Waals surface area (Å²) in [5.74, 6) is 0.0240. The van der Waals surface area contributed by atoms with Crippen LogP contribution in [0.5, 0.6) is 0 Å². The average Bonchev–Trinajstić information content (AvgIpc) is 2.64. The maximum Gasteiger partial charge on any atom is 0.270 e. The number of aromatic nitrogens is 1. The second-order valence-corrected chi connectivity index (χ2v) is 4.17. The van der Waals surface area contributed by atoms with Crippen LogP contribution in [0.2, 0.25) is 0 Å². The van der Waals surface area contributed by atoms with Gasteiger partial charge >= 0.3 is 0 Å². The number of aliphatic hydroxyl groups is 1. The molecule has 90 valence electrons. The van der Waals surface area contributed by atoms with Crippen molar-refractivity contribution in [3.05, 3.63) is 24.0 Å². The van der Waals surface area contributed by atoms with Crippen molar-refractivity contribution >= 4 is 5.91 Å². The molecule has 4 nitrogen and oxygen atoms in total. The van der Waals surface area contributed by atoms with E-state index in [0.717, 1.165) is 0 Å². The lowest BCUT2D eigenvalue weighted by molar-refractivity contribution is 0.0683. The van der Waals surface area contributed by atoms with Gasteiger partial charge in [0.1, 0.15) is 5.69 Å². The fourth-order valence-corrected chi connectivity index (χ4v) is 1.67. The summed E-state index contributed by atoms with van der Waals surface area (Å²) in [5.41, 5.74) is 0.687. The third-order valence-electron chi connectivity index (χ3n) is 2.60. The smallest absolute Gasteiger partial charge is 0.270 e. The van der Waals surface area contributed by atoms with Crippen LogP contribution in [0.4, 0.5) is 0 Å². The topological polar surface area (TPSA) is 45.5 Å². The van der Waals surface area contributed by atoms with Crippen LogP contribution < -0.4 is 0 Å². The van der Waals surface area contributed by atoms with Gasteiger partial charge in [0.25, 0.3) is 5.91 Å². The van der Waals surface area contributed by atoms with Crippen LogP contribution >= 0.6 is 0 Å². The van der Waals surface area contributed by atoms with Gasteiger partial charge in [0.05, 0.1) is 0 Å². The lowest BCUT2D eigenvalue weighted by Crippen LogP contribution is -2.38. The number of hydrogen-bond donors (Lipinski definition) is 1. The Kier molecular flexibility index (Phi) is 4.55. The first kappa shape index (κ1) is 12.8. The van der Waals surface area contributed by atoms with Crippen LogP contribution in [0.25, 0.3) is 0 Å². The lowest BCUT2D eigenvalue weighted by atomic mass is 10.2. The molecule has 1 aromatic rings. The first-order valence-corrected chi connectivity index (χ1v) is 5.61. The Balaban J connectivity index is 2.79. The third-order valence-corrected chi connectivity index (χ3v) is 2.60. The highest BCUT2D eigenvalue weighted by Crippen LogP contribution is 2.09. The molecule has 1 N–H and O–H groups in total. The Labute approximate surface area is 96.5 Å². The Bertz CT molecular complexity index is 345. The highest BCUT2D eigenvalue weighted by molar-refractivity contribution is 5.92. The van der Waals surface area contributed by atoms with Gasteiger partial charge in [-0.1, -0.05) is 0 Å². The normalized spacial score (nSPS) is 10.8. The number of aryl methyl sites for hydroxylation is 1. The van der Waals surface area contributed by atoms with Crippen LogP contribution in [0.1, 0.15) is 30.8 Å². The van der Waals surface area contributed by atoms with E-state index in [1.54, 1.807) is 4.90 Å². The van der Waals surface area contributed by atoms with Crippen molar-refractivity contribution in [2.24, 2.45) is 7.05 Å². The molecule has 0 bridgehead atoms. The Morgan fingerprint density at radius 3 is 2.69 bits per heavy atom. The van der Waals surface area contributed by atoms with Crippen molar-refractivity contribution in [3.8, 4) is 0 Å². The number of hydrogen-bond acceptors (Lipinski definition) is 2. The number of nitrogens with zero attached hydrogens (tertiary/aromatic N) is 2. The zero-order valence-electron chi connectivity index (χ0n) is 10.2. The molecule has 0 aliphatic heterocycles. The van der Waals surface area contributed by atoms with E-state index in [4.69, 9.17) is 5.11 Å². The quantitative estimate of drug-likeness (QED) is 0.818. The van der Waals surface area contributed by atoms with Crippen molar-refractivity contribution in [2.75, 3.05) is 13.2 Å².